The molecule has 0 bridgehead atoms. The fourth-order valence-electron chi connectivity index (χ4n) is 4.08. The van der Waals surface area contributed by atoms with E-state index in [0.717, 1.165) is 35.4 Å². The summed E-state index contributed by atoms with van der Waals surface area (Å²) in [6.45, 7) is 0.680. The summed E-state index contributed by atoms with van der Waals surface area (Å²) in [6, 6.07) is 15.0. The van der Waals surface area contributed by atoms with Gasteiger partial charge in [0.05, 0.1) is 26.0 Å². The van der Waals surface area contributed by atoms with Gasteiger partial charge in [0.2, 0.25) is 5.95 Å². The number of hydrogen-bond donors (Lipinski definition) is 0. The number of benzene rings is 2. The highest BCUT2D eigenvalue weighted by Gasteiger charge is 2.34. The highest BCUT2D eigenvalue weighted by atomic mass is 16.5. The highest BCUT2D eigenvalue weighted by molar-refractivity contribution is 5.95. The van der Waals surface area contributed by atoms with Crippen LogP contribution in [0.3, 0.4) is 0 Å². The number of nitrogens with zero attached hydrogens (tertiary/aromatic N) is 4. The Morgan fingerprint density at radius 2 is 1.78 bits per heavy atom. The third-order valence-electron chi connectivity index (χ3n) is 5.73. The van der Waals surface area contributed by atoms with E-state index < -0.39 is 0 Å². The predicted molar refractivity (Wildman–Crippen MR) is 124 cm³/mol. The molecule has 0 saturated carbocycles. The third kappa shape index (κ3) is 4.23. The maximum atomic E-state index is 13.5. The molecule has 0 N–H and O–H groups in total. The first-order valence-electron chi connectivity index (χ1n) is 10.7. The first-order chi connectivity index (χ1) is 15.5. The van der Waals surface area contributed by atoms with Gasteiger partial charge >= 0.3 is 0 Å². The van der Waals surface area contributed by atoms with Crippen molar-refractivity contribution in [2.24, 2.45) is 0 Å². The second kappa shape index (κ2) is 9.26. The fraction of sp³-hybridized carbons (Fsp3) is 0.320. The number of hydrogen-bond acceptors (Lipinski definition) is 6. The second-order valence-corrected chi connectivity index (χ2v) is 7.98. The Hall–Kier alpha value is -3.61. The molecule has 7 heteroatoms. The van der Waals surface area contributed by atoms with Crippen molar-refractivity contribution in [1.82, 2.24) is 14.9 Å². The Bertz CT molecular complexity index is 1120. The summed E-state index contributed by atoms with van der Waals surface area (Å²) in [5, 5.41) is 0. The highest BCUT2D eigenvalue weighted by Crippen LogP contribution is 2.38. The smallest absolute Gasteiger partial charge is 0.254 e. The lowest BCUT2D eigenvalue weighted by molar-refractivity contribution is 0.0733. The number of carbonyl (C=O) groups is 1. The van der Waals surface area contributed by atoms with Crippen LogP contribution in [0.5, 0.6) is 11.5 Å². The molecular weight excluding hydrogens is 404 g/mol. The van der Waals surface area contributed by atoms with Crippen molar-refractivity contribution in [2.75, 3.05) is 39.8 Å². The van der Waals surface area contributed by atoms with Crippen LogP contribution in [0.15, 0.2) is 54.7 Å². The minimum atomic E-state index is -0.142. The maximum absolute atomic E-state index is 13.5. The predicted octanol–water partition coefficient (Wildman–Crippen LogP) is 4.20. The number of ether oxygens (including phenoxy) is 2. The number of amides is 1. The Balaban J connectivity index is 1.77. The molecule has 0 radical (unpaired) electrons. The number of rotatable bonds is 6. The molecule has 166 valence electrons. The van der Waals surface area contributed by atoms with Crippen LogP contribution in [-0.4, -0.2) is 55.6 Å². The van der Waals surface area contributed by atoms with E-state index in [-0.39, 0.29) is 11.9 Å². The molecule has 2 heterocycles. The molecule has 2 aromatic carbocycles. The van der Waals surface area contributed by atoms with Crippen molar-refractivity contribution in [3.8, 4) is 22.6 Å². The minimum Gasteiger partial charge on any atom is -0.497 e. The molecule has 1 atom stereocenters. The average Bonchev–Trinajstić information content (AvgIpc) is 3.33. The van der Waals surface area contributed by atoms with Crippen LogP contribution in [0.2, 0.25) is 0 Å². The maximum Gasteiger partial charge on any atom is 0.254 e. The van der Waals surface area contributed by atoms with Crippen molar-refractivity contribution >= 4 is 11.9 Å². The molecule has 0 aliphatic carbocycles. The summed E-state index contributed by atoms with van der Waals surface area (Å²) in [4.78, 5) is 26.7. The van der Waals surface area contributed by atoms with E-state index in [0.29, 0.717) is 23.8 Å². The Kier molecular flexibility index (Phi) is 6.25. The van der Waals surface area contributed by atoms with Crippen molar-refractivity contribution in [3.05, 3.63) is 66.0 Å². The second-order valence-electron chi connectivity index (χ2n) is 7.98. The number of anilines is 1. The molecule has 0 unspecified atom stereocenters. The monoisotopic (exact) mass is 432 g/mol. The topological polar surface area (TPSA) is 67.8 Å². The van der Waals surface area contributed by atoms with Gasteiger partial charge in [-0.3, -0.25) is 4.79 Å². The normalized spacial score (nSPS) is 15.5. The molecule has 1 aliphatic heterocycles. The van der Waals surface area contributed by atoms with Crippen LogP contribution >= 0.6 is 0 Å². The van der Waals surface area contributed by atoms with Crippen LogP contribution in [0.1, 0.15) is 34.9 Å². The van der Waals surface area contributed by atoms with Gasteiger partial charge in [-0.25, -0.2) is 9.97 Å². The number of aromatic nitrogens is 2. The lowest BCUT2D eigenvalue weighted by Crippen LogP contribution is -2.31. The number of methoxy groups -OCH3 is 2. The minimum absolute atomic E-state index is 0.0204. The SMILES string of the molecule is COc1cccc(C(=O)N2CCC[C@H]2c2nc(N(C)C)ncc2-c2cccc(OC)c2)c1. The Labute approximate surface area is 188 Å². The number of carbonyl (C=O) groups excluding carboxylic acids is 1. The molecule has 1 saturated heterocycles. The molecule has 0 spiro atoms. The quantitative estimate of drug-likeness (QED) is 0.581. The van der Waals surface area contributed by atoms with E-state index in [1.807, 2.05) is 72.6 Å². The zero-order valence-electron chi connectivity index (χ0n) is 18.9. The molecule has 7 nitrogen and oxygen atoms in total. The van der Waals surface area contributed by atoms with Gasteiger partial charge in [0.25, 0.3) is 5.91 Å². The summed E-state index contributed by atoms with van der Waals surface area (Å²) in [5.41, 5.74) is 3.34. The van der Waals surface area contributed by atoms with E-state index >= 15 is 0 Å². The summed E-state index contributed by atoms with van der Waals surface area (Å²) in [7, 11) is 7.08. The van der Waals surface area contributed by atoms with Crippen molar-refractivity contribution < 1.29 is 14.3 Å². The van der Waals surface area contributed by atoms with Crippen LogP contribution in [-0.2, 0) is 0 Å². The van der Waals surface area contributed by atoms with Crippen molar-refractivity contribution in [3.63, 3.8) is 0 Å². The van der Waals surface area contributed by atoms with Gasteiger partial charge in [-0.05, 0) is 48.7 Å². The summed E-state index contributed by atoms with van der Waals surface area (Å²) in [6.07, 6.45) is 3.61. The number of likely N-dealkylation sites (tertiary alicyclic amines) is 1. The van der Waals surface area contributed by atoms with Crippen LogP contribution in [0, 0.1) is 0 Å². The summed E-state index contributed by atoms with van der Waals surface area (Å²) >= 11 is 0. The summed E-state index contributed by atoms with van der Waals surface area (Å²) < 4.78 is 10.7. The van der Waals surface area contributed by atoms with Crippen molar-refractivity contribution in [1.29, 1.82) is 0 Å². The Morgan fingerprint density at radius 1 is 1.06 bits per heavy atom. The molecule has 1 aliphatic rings. The summed E-state index contributed by atoms with van der Waals surface area (Å²) in [5.74, 6) is 2.03. The fourth-order valence-corrected chi connectivity index (χ4v) is 4.08. The van der Waals surface area contributed by atoms with Gasteiger partial charge in [-0.1, -0.05) is 18.2 Å². The van der Waals surface area contributed by atoms with Gasteiger partial charge in [-0.15, -0.1) is 0 Å². The van der Waals surface area contributed by atoms with Crippen LogP contribution in [0.4, 0.5) is 5.95 Å². The standard InChI is InChI=1S/C25H28N4O3/c1-28(2)25-26-16-21(17-8-5-10-19(14-17)31-3)23(27-25)22-12-7-13-29(22)24(30)18-9-6-11-20(15-18)32-4/h5-6,8-11,14-16,22H,7,12-13H2,1-4H3/t22-/m0/s1. The lowest BCUT2D eigenvalue weighted by atomic mass is 9.99. The van der Waals surface area contributed by atoms with E-state index in [2.05, 4.69) is 4.98 Å². The van der Waals surface area contributed by atoms with Gasteiger partial charge < -0.3 is 19.3 Å². The molecule has 1 fully saturated rings. The van der Waals surface area contributed by atoms with Crippen molar-refractivity contribution in [2.45, 2.75) is 18.9 Å². The molecule has 4 rings (SSSR count). The van der Waals surface area contributed by atoms with Gasteiger partial charge in [0.1, 0.15) is 11.5 Å². The van der Waals surface area contributed by atoms with Crippen LogP contribution < -0.4 is 14.4 Å². The first-order valence-corrected chi connectivity index (χ1v) is 10.7. The molecule has 32 heavy (non-hydrogen) atoms. The first kappa shape index (κ1) is 21.6. The zero-order valence-corrected chi connectivity index (χ0v) is 18.9. The van der Waals surface area contributed by atoms with E-state index in [4.69, 9.17) is 14.5 Å². The molecular formula is C25H28N4O3. The van der Waals surface area contributed by atoms with E-state index in [1.54, 1.807) is 20.3 Å². The van der Waals surface area contributed by atoms with E-state index in [1.165, 1.54) is 0 Å². The average molecular weight is 433 g/mol. The van der Waals surface area contributed by atoms with Gasteiger partial charge in [0, 0.05) is 38.0 Å². The third-order valence-corrected chi connectivity index (χ3v) is 5.73. The van der Waals surface area contributed by atoms with Crippen LogP contribution in [0.25, 0.3) is 11.1 Å². The van der Waals surface area contributed by atoms with Gasteiger partial charge in [0.15, 0.2) is 0 Å². The van der Waals surface area contributed by atoms with Gasteiger partial charge in [-0.2, -0.15) is 0 Å². The zero-order chi connectivity index (χ0) is 22.7. The molecule has 1 amide bonds. The molecule has 3 aromatic rings. The molecule has 1 aromatic heterocycles. The Morgan fingerprint density at radius 3 is 2.50 bits per heavy atom. The lowest BCUT2D eigenvalue weighted by Gasteiger charge is -2.27. The largest absolute Gasteiger partial charge is 0.497 e. The van der Waals surface area contributed by atoms with E-state index in [9.17, 15) is 4.79 Å².